The number of nitrogens with one attached hydrogen (secondary N) is 1. The summed E-state index contributed by atoms with van der Waals surface area (Å²) in [6.07, 6.45) is 0. The minimum absolute atomic E-state index is 0.154. The van der Waals surface area contributed by atoms with Gasteiger partial charge >= 0.3 is 5.97 Å². The Labute approximate surface area is 107 Å². The van der Waals surface area contributed by atoms with Crippen molar-refractivity contribution in [3.8, 4) is 0 Å². The van der Waals surface area contributed by atoms with Crippen LogP contribution < -0.4 is 4.72 Å². The van der Waals surface area contributed by atoms with Crippen molar-refractivity contribution in [2.45, 2.75) is 25.7 Å². The smallest absolute Gasteiger partial charge is 0.310 e. The molecule has 0 unspecified atom stereocenters. The Hall–Kier alpha value is -1.40. The molecule has 0 bridgehead atoms. The predicted octanol–water partition coefficient (Wildman–Crippen LogP) is 1.38. The minimum Gasteiger partial charge on any atom is -0.481 e. The van der Waals surface area contributed by atoms with Gasteiger partial charge < -0.3 is 5.11 Å². The van der Waals surface area contributed by atoms with Crippen LogP contribution in [0.1, 0.15) is 19.4 Å². The van der Waals surface area contributed by atoms with Crippen LogP contribution in [0.15, 0.2) is 29.2 Å². The maximum absolute atomic E-state index is 12.0. The van der Waals surface area contributed by atoms with Gasteiger partial charge in [-0.1, -0.05) is 18.2 Å². The molecule has 0 heterocycles. The molecule has 1 aromatic carbocycles. The molecule has 0 fully saturated rings. The first kappa shape index (κ1) is 14.7. The minimum atomic E-state index is -3.67. The molecule has 18 heavy (non-hydrogen) atoms. The highest BCUT2D eigenvalue weighted by molar-refractivity contribution is 7.89. The van der Waals surface area contributed by atoms with Crippen LogP contribution >= 0.6 is 0 Å². The van der Waals surface area contributed by atoms with Gasteiger partial charge in [-0.2, -0.15) is 0 Å². The third-order valence-electron chi connectivity index (χ3n) is 2.67. The van der Waals surface area contributed by atoms with Gasteiger partial charge in [-0.05, 0) is 32.4 Å². The van der Waals surface area contributed by atoms with E-state index in [-0.39, 0.29) is 11.4 Å². The van der Waals surface area contributed by atoms with Gasteiger partial charge in [0.25, 0.3) is 0 Å². The molecule has 0 aliphatic rings. The topological polar surface area (TPSA) is 83.5 Å². The van der Waals surface area contributed by atoms with Crippen LogP contribution in [0.25, 0.3) is 0 Å². The Morgan fingerprint density at radius 3 is 2.39 bits per heavy atom. The van der Waals surface area contributed by atoms with E-state index in [1.165, 1.54) is 19.9 Å². The number of rotatable bonds is 5. The number of hydrogen-bond donors (Lipinski definition) is 2. The van der Waals surface area contributed by atoms with Crippen molar-refractivity contribution in [2.24, 2.45) is 5.41 Å². The maximum Gasteiger partial charge on any atom is 0.310 e. The number of aliphatic carboxylic acids is 1. The maximum atomic E-state index is 12.0. The second-order valence-corrected chi connectivity index (χ2v) is 6.51. The summed E-state index contributed by atoms with van der Waals surface area (Å²) >= 11 is 0. The van der Waals surface area contributed by atoms with Crippen molar-refractivity contribution in [1.82, 2.24) is 4.72 Å². The van der Waals surface area contributed by atoms with Crippen molar-refractivity contribution in [1.29, 1.82) is 0 Å². The average molecular weight is 271 g/mol. The number of hydrogen-bond acceptors (Lipinski definition) is 3. The van der Waals surface area contributed by atoms with Gasteiger partial charge in [0.1, 0.15) is 0 Å². The summed E-state index contributed by atoms with van der Waals surface area (Å²) in [5.41, 5.74) is -0.520. The van der Waals surface area contributed by atoms with Crippen molar-refractivity contribution >= 4 is 16.0 Å². The zero-order valence-electron chi connectivity index (χ0n) is 10.6. The molecule has 0 radical (unpaired) electrons. The fourth-order valence-corrected chi connectivity index (χ4v) is 2.74. The van der Waals surface area contributed by atoms with E-state index in [1.807, 2.05) is 0 Å². The third kappa shape index (κ3) is 3.30. The molecule has 0 atom stereocenters. The van der Waals surface area contributed by atoms with Crippen LogP contribution in [-0.4, -0.2) is 26.0 Å². The Bertz CT molecular complexity index is 549. The summed E-state index contributed by atoms with van der Waals surface area (Å²) in [4.78, 5) is 11.1. The molecule has 100 valence electrons. The fourth-order valence-electron chi connectivity index (χ4n) is 1.29. The monoisotopic (exact) mass is 271 g/mol. The normalized spacial score (nSPS) is 12.4. The Morgan fingerprint density at radius 1 is 1.33 bits per heavy atom. The van der Waals surface area contributed by atoms with Gasteiger partial charge in [-0.15, -0.1) is 0 Å². The fraction of sp³-hybridized carbons (Fsp3) is 0.417. The van der Waals surface area contributed by atoms with Gasteiger partial charge in [0.05, 0.1) is 10.3 Å². The summed E-state index contributed by atoms with van der Waals surface area (Å²) in [5, 5.41) is 8.93. The Morgan fingerprint density at radius 2 is 1.89 bits per heavy atom. The average Bonchev–Trinajstić information content (AvgIpc) is 2.27. The van der Waals surface area contributed by atoms with E-state index >= 15 is 0 Å². The van der Waals surface area contributed by atoms with E-state index in [0.717, 1.165) is 0 Å². The van der Waals surface area contributed by atoms with Gasteiger partial charge in [0, 0.05) is 6.54 Å². The lowest BCUT2D eigenvalue weighted by molar-refractivity contribution is -0.146. The number of carboxylic acids is 1. The molecule has 0 aliphatic heterocycles. The first-order chi connectivity index (χ1) is 8.17. The molecule has 2 N–H and O–H groups in total. The molecule has 0 spiro atoms. The number of sulfonamides is 1. The number of benzene rings is 1. The second kappa shape index (κ2) is 5.07. The Kier molecular flexibility index (Phi) is 4.13. The zero-order valence-corrected chi connectivity index (χ0v) is 11.4. The Balaban J connectivity index is 2.92. The first-order valence-corrected chi connectivity index (χ1v) is 6.94. The van der Waals surface area contributed by atoms with E-state index in [1.54, 1.807) is 25.1 Å². The van der Waals surface area contributed by atoms with Gasteiger partial charge in [-0.3, -0.25) is 4.79 Å². The molecule has 5 nitrogen and oxygen atoms in total. The van der Waals surface area contributed by atoms with Crippen LogP contribution in [0, 0.1) is 12.3 Å². The molecule has 1 rings (SSSR count). The number of carboxylic acid groups (broad SMARTS) is 1. The summed E-state index contributed by atoms with van der Waals surface area (Å²) in [6.45, 7) is 4.47. The SMILES string of the molecule is Cc1ccccc1S(=O)(=O)NCC(C)(C)C(=O)O. The van der Waals surface area contributed by atoms with E-state index in [0.29, 0.717) is 5.56 Å². The molecule has 6 heteroatoms. The third-order valence-corrected chi connectivity index (χ3v) is 4.23. The molecular formula is C12H17NO4S. The quantitative estimate of drug-likeness (QED) is 0.847. The highest BCUT2D eigenvalue weighted by Gasteiger charge is 2.29. The van der Waals surface area contributed by atoms with Gasteiger partial charge in [0.15, 0.2) is 0 Å². The van der Waals surface area contributed by atoms with Crippen molar-refractivity contribution in [3.05, 3.63) is 29.8 Å². The largest absolute Gasteiger partial charge is 0.481 e. The number of carbonyl (C=O) groups is 1. The predicted molar refractivity (Wildman–Crippen MR) is 67.8 cm³/mol. The number of aryl methyl sites for hydroxylation is 1. The van der Waals surface area contributed by atoms with Crippen molar-refractivity contribution in [3.63, 3.8) is 0 Å². The van der Waals surface area contributed by atoms with E-state index < -0.39 is 21.4 Å². The first-order valence-electron chi connectivity index (χ1n) is 5.45. The lowest BCUT2D eigenvalue weighted by atomic mass is 9.95. The summed E-state index contributed by atoms with van der Waals surface area (Å²) in [7, 11) is -3.67. The van der Waals surface area contributed by atoms with E-state index in [9.17, 15) is 13.2 Å². The van der Waals surface area contributed by atoms with Gasteiger partial charge in [0.2, 0.25) is 10.0 Å². The second-order valence-electron chi connectivity index (χ2n) is 4.78. The summed E-state index contributed by atoms with van der Waals surface area (Å²) < 4.78 is 26.4. The zero-order chi connectivity index (χ0) is 14.0. The van der Waals surface area contributed by atoms with Crippen molar-refractivity contribution in [2.75, 3.05) is 6.54 Å². The summed E-state index contributed by atoms with van der Waals surface area (Å²) in [5.74, 6) is -1.05. The molecule has 0 saturated heterocycles. The molecule has 0 amide bonds. The van der Waals surface area contributed by atoms with Crippen LogP contribution in [0.4, 0.5) is 0 Å². The van der Waals surface area contributed by atoms with E-state index in [2.05, 4.69) is 4.72 Å². The highest BCUT2D eigenvalue weighted by Crippen LogP contribution is 2.17. The lowest BCUT2D eigenvalue weighted by Gasteiger charge is -2.19. The summed E-state index contributed by atoms with van der Waals surface area (Å²) in [6, 6.07) is 6.56. The van der Waals surface area contributed by atoms with Crippen molar-refractivity contribution < 1.29 is 18.3 Å². The standard InChI is InChI=1S/C12H17NO4S/c1-9-6-4-5-7-10(9)18(16,17)13-8-12(2,3)11(14)15/h4-7,13H,8H2,1-3H3,(H,14,15). The van der Waals surface area contributed by atoms with E-state index in [4.69, 9.17) is 5.11 Å². The molecule has 0 aliphatic carbocycles. The highest BCUT2D eigenvalue weighted by atomic mass is 32.2. The van der Waals surface area contributed by atoms with Crippen LogP contribution in [0.5, 0.6) is 0 Å². The van der Waals surface area contributed by atoms with Gasteiger partial charge in [-0.25, -0.2) is 13.1 Å². The molecule has 1 aromatic rings. The van der Waals surface area contributed by atoms with Crippen LogP contribution in [0.3, 0.4) is 0 Å². The molecule has 0 aromatic heterocycles. The molecule has 0 saturated carbocycles. The molecular weight excluding hydrogens is 254 g/mol. The van der Waals surface area contributed by atoms with Crippen LogP contribution in [0.2, 0.25) is 0 Å². The van der Waals surface area contributed by atoms with Crippen LogP contribution in [-0.2, 0) is 14.8 Å². The lowest BCUT2D eigenvalue weighted by Crippen LogP contribution is -2.39.